The van der Waals surface area contributed by atoms with Crippen LogP contribution in [0.2, 0.25) is 5.02 Å². The van der Waals surface area contributed by atoms with E-state index >= 15 is 0 Å². The number of aryl methyl sites for hydroxylation is 1. The fourth-order valence-corrected chi connectivity index (χ4v) is 3.85. The van der Waals surface area contributed by atoms with E-state index < -0.39 is 0 Å². The number of ether oxygens (including phenoxy) is 1. The highest BCUT2D eigenvalue weighted by Crippen LogP contribution is 2.38. The van der Waals surface area contributed by atoms with Gasteiger partial charge in [0.1, 0.15) is 10.8 Å². The fourth-order valence-electron chi connectivity index (χ4n) is 2.77. The molecule has 26 heavy (non-hydrogen) atoms. The van der Waals surface area contributed by atoms with Crippen molar-refractivity contribution in [3.05, 3.63) is 23.0 Å². The van der Waals surface area contributed by atoms with Crippen LogP contribution in [0.1, 0.15) is 25.5 Å². The van der Waals surface area contributed by atoms with Gasteiger partial charge in [-0.2, -0.15) is 0 Å². The van der Waals surface area contributed by atoms with E-state index in [1.165, 1.54) is 11.8 Å². The van der Waals surface area contributed by atoms with Gasteiger partial charge < -0.3 is 21.1 Å². The van der Waals surface area contributed by atoms with E-state index in [4.69, 9.17) is 32.8 Å². The van der Waals surface area contributed by atoms with Crippen molar-refractivity contribution in [2.24, 2.45) is 5.73 Å². The van der Waals surface area contributed by atoms with Crippen LogP contribution in [0.5, 0.6) is 5.88 Å². The number of piperidine rings is 1. The Kier molecular flexibility index (Phi) is 5.45. The summed E-state index contributed by atoms with van der Waals surface area (Å²) < 4.78 is 5.51. The molecule has 1 aliphatic heterocycles. The first-order chi connectivity index (χ1) is 12.3. The molecule has 1 saturated heterocycles. The number of aromatic nitrogens is 3. The van der Waals surface area contributed by atoms with Gasteiger partial charge in [0, 0.05) is 29.7 Å². The minimum atomic E-state index is -0.125. The number of methoxy groups -OCH3 is 1. The van der Waals surface area contributed by atoms with E-state index in [1.807, 2.05) is 6.92 Å². The highest BCUT2D eigenvalue weighted by molar-refractivity contribution is 7.99. The van der Waals surface area contributed by atoms with Crippen LogP contribution < -0.4 is 21.1 Å². The topological polar surface area (TPSA) is 103 Å². The highest BCUT2D eigenvalue weighted by Gasteiger charge is 2.29. The average molecular weight is 395 g/mol. The first-order valence-electron chi connectivity index (χ1n) is 8.35. The Morgan fingerprint density at radius 2 is 2.00 bits per heavy atom. The lowest BCUT2D eigenvalue weighted by molar-refractivity contribution is 0.353. The second-order valence-electron chi connectivity index (χ2n) is 6.70. The first-order valence-corrected chi connectivity index (χ1v) is 9.54. The summed E-state index contributed by atoms with van der Waals surface area (Å²) in [6, 6.07) is 1.80. The van der Waals surface area contributed by atoms with Crippen LogP contribution in [0.3, 0.4) is 0 Å². The third-order valence-corrected chi connectivity index (χ3v) is 6.11. The normalized spacial score (nSPS) is 16.6. The predicted octanol–water partition coefficient (Wildman–Crippen LogP) is 2.89. The summed E-state index contributed by atoms with van der Waals surface area (Å²) >= 11 is 7.64. The molecule has 2 aromatic rings. The molecule has 0 spiro atoms. The monoisotopic (exact) mass is 394 g/mol. The lowest BCUT2D eigenvalue weighted by Gasteiger charge is -2.37. The van der Waals surface area contributed by atoms with E-state index in [2.05, 4.69) is 21.8 Å². The maximum absolute atomic E-state index is 6.24. The van der Waals surface area contributed by atoms with E-state index in [-0.39, 0.29) is 5.54 Å². The van der Waals surface area contributed by atoms with Crippen LogP contribution in [0.15, 0.2) is 22.2 Å². The van der Waals surface area contributed by atoms with Crippen molar-refractivity contribution in [1.82, 2.24) is 15.0 Å². The molecule has 4 N–H and O–H groups in total. The summed E-state index contributed by atoms with van der Waals surface area (Å²) in [5, 5.41) is 1.14. The van der Waals surface area contributed by atoms with E-state index in [0.717, 1.165) is 47.4 Å². The molecule has 1 aliphatic rings. The summed E-state index contributed by atoms with van der Waals surface area (Å²) in [6.45, 7) is 5.67. The van der Waals surface area contributed by atoms with Gasteiger partial charge in [0.05, 0.1) is 17.8 Å². The van der Waals surface area contributed by atoms with Gasteiger partial charge in [0.15, 0.2) is 5.82 Å². The first kappa shape index (κ1) is 19.0. The van der Waals surface area contributed by atoms with Crippen LogP contribution >= 0.6 is 23.4 Å². The van der Waals surface area contributed by atoms with Gasteiger partial charge in [-0.3, -0.25) is 0 Å². The van der Waals surface area contributed by atoms with Crippen molar-refractivity contribution < 1.29 is 4.74 Å². The van der Waals surface area contributed by atoms with Gasteiger partial charge in [-0.1, -0.05) is 23.4 Å². The number of rotatable bonds is 4. The van der Waals surface area contributed by atoms with Crippen LogP contribution in [-0.4, -0.2) is 40.7 Å². The van der Waals surface area contributed by atoms with E-state index in [0.29, 0.717) is 16.7 Å². The number of nitrogens with two attached hydrogens (primary N) is 2. The molecular weight excluding hydrogens is 372 g/mol. The molecular formula is C17H23ClN6OS. The van der Waals surface area contributed by atoms with Gasteiger partial charge in [-0.25, -0.2) is 15.0 Å². The smallest absolute Gasteiger partial charge is 0.258 e. The molecule has 0 aromatic carbocycles. The van der Waals surface area contributed by atoms with E-state index in [1.54, 1.807) is 19.4 Å². The van der Waals surface area contributed by atoms with Crippen LogP contribution in [-0.2, 0) is 0 Å². The quantitative estimate of drug-likeness (QED) is 0.815. The molecule has 0 unspecified atom stereocenters. The molecule has 0 bridgehead atoms. The van der Waals surface area contributed by atoms with Crippen molar-refractivity contribution in [2.45, 2.75) is 42.1 Å². The number of hydrogen-bond acceptors (Lipinski definition) is 8. The zero-order valence-electron chi connectivity index (χ0n) is 15.1. The Morgan fingerprint density at radius 3 is 2.65 bits per heavy atom. The fraction of sp³-hybridized carbons (Fsp3) is 0.471. The van der Waals surface area contributed by atoms with Gasteiger partial charge >= 0.3 is 0 Å². The molecule has 0 atom stereocenters. The number of halogens is 1. The molecule has 3 rings (SSSR count). The Labute approximate surface area is 162 Å². The van der Waals surface area contributed by atoms with Crippen molar-refractivity contribution in [3.8, 4) is 5.88 Å². The molecule has 0 saturated carbocycles. The highest BCUT2D eigenvalue weighted by atomic mass is 35.5. The summed E-state index contributed by atoms with van der Waals surface area (Å²) in [7, 11) is 1.60. The maximum atomic E-state index is 6.24. The molecule has 9 heteroatoms. The standard InChI is InChI=1S/C17H23ClN6OS/c1-10-16(26-11-4-7-21-13(19)12(11)18)23-15(25-3)14(22-10)24-8-5-17(2,20)6-9-24/h4,7H,5-6,8-9,20H2,1-3H3,(H2,19,21). The largest absolute Gasteiger partial charge is 0.478 e. The molecule has 0 radical (unpaired) electrons. The van der Waals surface area contributed by atoms with Gasteiger partial charge in [-0.05, 0) is 32.8 Å². The van der Waals surface area contributed by atoms with Gasteiger partial charge in [0.2, 0.25) is 0 Å². The number of hydrogen-bond donors (Lipinski definition) is 2. The SMILES string of the molecule is COc1nc(Sc2ccnc(N)c2Cl)c(C)nc1N1CCC(C)(N)CC1. The minimum absolute atomic E-state index is 0.125. The predicted molar refractivity (Wildman–Crippen MR) is 105 cm³/mol. The zero-order chi connectivity index (χ0) is 18.9. The van der Waals surface area contributed by atoms with Crippen LogP contribution in [0, 0.1) is 6.92 Å². The molecule has 3 heterocycles. The number of nitrogens with zero attached hydrogens (tertiary/aromatic N) is 4. The summed E-state index contributed by atoms with van der Waals surface area (Å²) in [6.07, 6.45) is 3.42. The summed E-state index contributed by atoms with van der Waals surface area (Å²) in [5.74, 6) is 1.55. The minimum Gasteiger partial charge on any atom is -0.478 e. The Bertz CT molecular complexity index is 806. The Balaban J connectivity index is 1.89. The number of nitrogen functional groups attached to an aromatic ring is 1. The molecule has 0 amide bonds. The summed E-state index contributed by atoms with van der Waals surface area (Å²) in [5.41, 5.74) is 12.7. The lowest BCUT2D eigenvalue weighted by atomic mass is 9.91. The zero-order valence-corrected chi connectivity index (χ0v) is 16.7. The third-order valence-electron chi connectivity index (χ3n) is 4.46. The van der Waals surface area contributed by atoms with Crippen molar-refractivity contribution in [3.63, 3.8) is 0 Å². The molecule has 140 valence electrons. The second kappa shape index (κ2) is 7.46. The average Bonchev–Trinajstić information content (AvgIpc) is 2.60. The molecule has 1 fully saturated rings. The van der Waals surface area contributed by atoms with Gasteiger partial charge in [0.25, 0.3) is 5.88 Å². The second-order valence-corrected chi connectivity index (χ2v) is 8.11. The van der Waals surface area contributed by atoms with Crippen molar-refractivity contribution >= 4 is 35.0 Å². The molecule has 7 nitrogen and oxygen atoms in total. The van der Waals surface area contributed by atoms with Crippen molar-refractivity contribution in [1.29, 1.82) is 0 Å². The maximum Gasteiger partial charge on any atom is 0.258 e. The van der Waals surface area contributed by atoms with Crippen LogP contribution in [0.25, 0.3) is 0 Å². The van der Waals surface area contributed by atoms with Crippen LogP contribution in [0.4, 0.5) is 11.6 Å². The van der Waals surface area contributed by atoms with Crippen molar-refractivity contribution in [2.75, 3.05) is 30.8 Å². The molecule has 2 aromatic heterocycles. The summed E-state index contributed by atoms with van der Waals surface area (Å²) in [4.78, 5) is 16.3. The molecule has 0 aliphatic carbocycles. The Morgan fingerprint density at radius 1 is 1.31 bits per heavy atom. The van der Waals surface area contributed by atoms with Gasteiger partial charge in [-0.15, -0.1) is 0 Å². The number of anilines is 2. The van der Waals surface area contributed by atoms with E-state index in [9.17, 15) is 0 Å². The number of pyridine rings is 1. The third kappa shape index (κ3) is 3.97. The lowest BCUT2D eigenvalue weighted by Crippen LogP contribution is -2.48. The Hall–Kier alpha value is -1.77.